The van der Waals surface area contributed by atoms with Crippen LogP contribution in [-0.4, -0.2) is 4.98 Å². The lowest BCUT2D eigenvalue weighted by Gasteiger charge is -2.13. The third-order valence-electron chi connectivity index (χ3n) is 2.12. The van der Waals surface area contributed by atoms with E-state index >= 15 is 0 Å². The lowest BCUT2D eigenvalue weighted by atomic mass is 10.2. The largest absolute Gasteiger partial charge is 0.374 e. The number of nitrogens with one attached hydrogen (secondary N) is 1. The topological polar surface area (TPSA) is 24.9 Å². The number of anilines is 1. The van der Waals surface area contributed by atoms with Crippen LogP contribution in [-0.2, 0) is 0 Å². The third kappa shape index (κ3) is 2.36. The van der Waals surface area contributed by atoms with Crippen LogP contribution in [0.1, 0.15) is 18.0 Å². The quantitative estimate of drug-likeness (QED) is 0.886. The summed E-state index contributed by atoms with van der Waals surface area (Å²) in [7, 11) is 0. The van der Waals surface area contributed by atoms with Gasteiger partial charge in [-0.15, -0.1) is 11.3 Å². The molecule has 16 heavy (non-hydrogen) atoms. The molecule has 0 radical (unpaired) electrons. The minimum absolute atomic E-state index is 0.142. The summed E-state index contributed by atoms with van der Waals surface area (Å²) in [5.74, 6) is -0.931. The number of rotatable bonds is 3. The highest BCUT2D eigenvalue weighted by Gasteiger charge is 2.11. The molecule has 1 unspecified atom stereocenters. The monoisotopic (exact) mass is 240 g/mol. The predicted molar refractivity (Wildman–Crippen MR) is 60.5 cm³/mol. The van der Waals surface area contributed by atoms with E-state index in [4.69, 9.17) is 0 Å². The van der Waals surface area contributed by atoms with Crippen molar-refractivity contribution in [3.63, 3.8) is 0 Å². The van der Waals surface area contributed by atoms with E-state index in [1.54, 1.807) is 6.20 Å². The molecular weight excluding hydrogens is 230 g/mol. The van der Waals surface area contributed by atoms with Gasteiger partial charge in [0.25, 0.3) is 0 Å². The fourth-order valence-electron chi connectivity index (χ4n) is 1.35. The summed E-state index contributed by atoms with van der Waals surface area (Å²) >= 11 is 1.47. The first kappa shape index (κ1) is 11.0. The van der Waals surface area contributed by atoms with Crippen LogP contribution in [0.15, 0.2) is 29.8 Å². The van der Waals surface area contributed by atoms with Gasteiger partial charge in [0.1, 0.15) is 16.6 Å². The van der Waals surface area contributed by atoms with Gasteiger partial charge in [-0.1, -0.05) is 0 Å². The van der Waals surface area contributed by atoms with Gasteiger partial charge < -0.3 is 5.32 Å². The van der Waals surface area contributed by atoms with Crippen molar-refractivity contribution in [2.24, 2.45) is 0 Å². The molecule has 1 heterocycles. The van der Waals surface area contributed by atoms with Crippen molar-refractivity contribution in [2.75, 3.05) is 5.32 Å². The molecule has 0 amide bonds. The minimum atomic E-state index is -0.468. The van der Waals surface area contributed by atoms with Gasteiger partial charge >= 0.3 is 0 Å². The zero-order valence-corrected chi connectivity index (χ0v) is 9.39. The molecule has 2 aromatic rings. The Kier molecular flexibility index (Phi) is 3.14. The Morgan fingerprint density at radius 1 is 1.38 bits per heavy atom. The van der Waals surface area contributed by atoms with Crippen LogP contribution in [0.2, 0.25) is 0 Å². The van der Waals surface area contributed by atoms with Crippen molar-refractivity contribution in [1.82, 2.24) is 4.98 Å². The summed E-state index contributed by atoms with van der Waals surface area (Å²) in [5, 5.41) is 5.57. The van der Waals surface area contributed by atoms with Crippen molar-refractivity contribution in [3.8, 4) is 0 Å². The Morgan fingerprint density at radius 3 is 2.88 bits per heavy atom. The first-order valence-electron chi connectivity index (χ1n) is 4.78. The zero-order chi connectivity index (χ0) is 11.5. The highest BCUT2D eigenvalue weighted by atomic mass is 32.1. The third-order valence-corrected chi connectivity index (χ3v) is 3.08. The molecule has 0 aliphatic rings. The van der Waals surface area contributed by atoms with Crippen LogP contribution in [0.4, 0.5) is 14.5 Å². The van der Waals surface area contributed by atoms with E-state index in [-0.39, 0.29) is 11.7 Å². The Balaban J connectivity index is 2.17. The summed E-state index contributed by atoms with van der Waals surface area (Å²) in [5.41, 5.74) is 0.155. The van der Waals surface area contributed by atoms with E-state index < -0.39 is 11.6 Å². The molecule has 2 rings (SSSR count). The van der Waals surface area contributed by atoms with Crippen LogP contribution >= 0.6 is 11.3 Å². The van der Waals surface area contributed by atoms with E-state index in [1.807, 2.05) is 12.3 Å². The summed E-state index contributed by atoms with van der Waals surface area (Å²) in [4.78, 5) is 4.10. The number of hydrogen-bond acceptors (Lipinski definition) is 3. The second kappa shape index (κ2) is 4.57. The maximum atomic E-state index is 13.3. The van der Waals surface area contributed by atoms with Gasteiger partial charge in [0.2, 0.25) is 0 Å². The second-order valence-electron chi connectivity index (χ2n) is 3.36. The average Bonchev–Trinajstić information content (AvgIpc) is 2.76. The SMILES string of the molecule is CC(Nc1cc(F)ccc1F)c1nccs1. The van der Waals surface area contributed by atoms with Crippen LogP contribution in [0.25, 0.3) is 0 Å². The molecule has 0 spiro atoms. The molecule has 5 heteroatoms. The molecule has 1 N–H and O–H groups in total. The van der Waals surface area contributed by atoms with Crippen molar-refractivity contribution in [2.45, 2.75) is 13.0 Å². The normalized spacial score (nSPS) is 12.4. The first-order valence-corrected chi connectivity index (χ1v) is 5.66. The first-order chi connectivity index (χ1) is 7.66. The maximum Gasteiger partial charge on any atom is 0.146 e. The van der Waals surface area contributed by atoms with Crippen LogP contribution in [0.3, 0.4) is 0 Å². The van der Waals surface area contributed by atoms with Gasteiger partial charge in [-0.3, -0.25) is 0 Å². The van der Waals surface area contributed by atoms with Gasteiger partial charge in [0.15, 0.2) is 0 Å². The number of benzene rings is 1. The molecule has 0 saturated carbocycles. The molecule has 0 bridgehead atoms. The van der Waals surface area contributed by atoms with Crippen molar-refractivity contribution in [1.29, 1.82) is 0 Å². The fraction of sp³-hybridized carbons (Fsp3) is 0.182. The fourth-order valence-corrected chi connectivity index (χ4v) is 2.00. The number of aromatic nitrogens is 1. The Hall–Kier alpha value is -1.49. The van der Waals surface area contributed by atoms with Crippen LogP contribution < -0.4 is 5.32 Å². The van der Waals surface area contributed by atoms with Crippen molar-refractivity contribution < 1.29 is 8.78 Å². The molecular formula is C11H10F2N2S. The molecule has 0 saturated heterocycles. The Morgan fingerprint density at radius 2 is 2.19 bits per heavy atom. The molecule has 1 aromatic carbocycles. The van der Waals surface area contributed by atoms with Gasteiger partial charge in [0.05, 0.1) is 11.7 Å². The zero-order valence-electron chi connectivity index (χ0n) is 8.58. The lowest BCUT2D eigenvalue weighted by Crippen LogP contribution is -2.07. The molecule has 1 atom stereocenters. The minimum Gasteiger partial charge on any atom is -0.374 e. The summed E-state index contributed by atoms with van der Waals surface area (Å²) in [6.45, 7) is 1.85. The molecule has 0 aliphatic carbocycles. The number of thiazole rings is 1. The predicted octanol–water partition coefficient (Wildman–Crippen LogP) is 3.59. The second-order valence-corrected chi connectivity index (χ2v) is 4.29. The number of halogens is 2. The Labute approximate surface area is 96.0 Å². The van der Waals surface area contributed by atoms with Crippen molar-refractivity contribution >= 4 is 17.0 Å². The number of hydrogen-bond donors (Lipinski definition) is 1. The van der Waals surface area contributed by atoms with Crippen LogP contribution in [0, 0.1) is 11.6 Å². The van der Waals surface area contributed by atoms with Crippen molar-refractivity contribution in [3.05, 3.63) is 46.4 Å². The van der Waals surface area contributed by atoms with Crippen LogP contribution in [0.5, 0.6) is 0 Å². The average molecular weight is 240 g/mol. The number of nitrogens with zero attached hydrogens (tertiary/aromatic N) is 1. The summed E-state index contributed by atoms with van der Waals surface area (Å²) < 4.78 is 26.2. The van der Waals surface area contributed by atoms with Gasteiger partial charge in [-0.05, 0) is 25.1 Å². The molecule has 0 aliphatic heterocycles. The smallest absolute Gasteiger partial charge is 0.146 e. The van der Waals surface area contributed by atoms with Gasteiger partial charge in [-0.2, -0.15) is 0 Å². The molecule has 2 nitrogen and oxygen atoms in total. The van der Waals surface area contributed by atoms with E-state index in [1.165, 1.54) is 11.3 Å². The highest BCUT2D eigenvalue weighted by molar-refractivity contribution is 7.09. The van der Waals surface area contributed by atoms with E-state index in [0.717, 1.165) is 23.2 Å². The standard InChI is InChI=1S/C11H10F2N2S/c1-7(11-14-4-5-16-11)15-10-6-8(12)2-3-9(10)13/h2-7,15H,1H3. The highest BCUT2D eigenvalue weighted by Crippen LogP contribution is 2.23. The summed E-state index contributed by atoms with van der Waals surface area (Å²) in [6.07, 6.45) is 1.68. The van der Waals surface area contributed by atoms with Gasteiger partial charge in [0, 0.05) is 11.6 Å². The summed E-state index contributed by atoms with van der Waals surface area (Å²) in [6, 6.07) is 3.19. The van der Waals surface area contributed by atoms with Gasteiger partial charge in [-0.25, -0.2) is 13.8 Å². The maximum absolute atomic E-state index is 13.3. The van der Waals surface area contributed by atoms with E-state index in [9.17, 15) is 8.78 Å². The molecule has 1 aromatic heterocycles. The van der Waals surface area contributed by atoms with E-state index in [2.05, 4.69) is 10.3 Å². The lowest BCUT2D eigenvalue weighted by molar-refractivity contribution is 0.600. The molecule has 84 valence electrons. The Bertz CT molecular complexity index is 471. The van der Waals surface area contributed by atoms with E-state index in [0.29, 0.717) is 0 Å². The molecule has 0 fully saturated rings.